The van der Waals surface area contributed by atoms with Crippen LogP contribution in [0.25, 0.3) is 0 Å². The normalized spacial score (nSPS) is 21.3. The first kappa shape index (κ1) is 30.0. The number of piperazine rings is 1. The fourth-order valence-corrected chi connectivity index (χ4v) is 6.53. The van der Waals surface area contributed by atoms with Gasteiger partial charge in [-0.1, -0.05) is 6.07 Å². The van der Waals surface area contributed by atoms with Crippen molar-refractivity contribution in [2.75, 3.05) is 45.9 Å². The van der Waals surface area contributed by atoms with Crippen molar-refractivity contribution >= 4 is 46.4 Å². The summed E-state index contributed by atoms with van der Waals surface area (Å²) < 4.78 is 19.4. The second-order valence-electron chi connectivity index (χ2n) is 11.2. The quantitative estimate of drug-likeness (QED) is 0.246. The van der Waals surface area contributed by atoms with E-state index < -0.39 is 29.3 Å². The highest BCUT2D eigenvalue weighted by atomic mass is 32.1. The van der Waals surface area contributed by atoms with E-state index in [9.17, 15) is 19.1 Å². The first-order valence-electron chi connectivity index (χ1n) is 13.8. The maximum Gasteiger partial charge on any atom is 0.338 e. The van der Waals surface area contributed by atoms with Crippen LogP contribution in [0.4, 0.5) is 4.39 Å². The number of hydrogen-bond acceptors (Lipinski definition) is 10. The molecule has 11 nitrogen and oxygen atoms in total. The second kappa shape index (κ2) is 12.0. The second-order valence-corrected chi connectivity index (χ2v) is 12.5. The van der Waals surface area contributed by atoms with Crippen LogP contribution in [0.2, 0.25) is 0 Å². The van der Waals surface area contributed by atoms with Crippen LogP contribution in [-0.2, 0) is 14.3 Å². The van der Waals surface area contributed by atoms with Gasteiger partial charge in [0.2, 0.25) is 5.95 Å². The number of amidine groups is 1. The van der Waals surface area contributed by atoms with Crippen molar-refractivity contribution in [3.63, 3.8) is 0 Å². The van der Waals surface area contributed by atoms with Crippen molar-refractivity contribution in [1.82, 2.24) is 30.0 Å². The minimum Gasteiger partial charge on any atom is -0.481 e. The molecule has 2 atom stereocenters. The fourth-order valence-electron chi connectivity index (χ4n) is 5.56. The summed E-state index contributed by atoms with van der Waals surface area (Å²) in [6.07, 6.45) is 1.69. The molecule has 2 N–H and O–H groups in total. The Labute approximate surface area is 253 Å². The van der Waals surface area contributed by atoms with Crippen molar-refractivity contribution in [3.05, 3.63) is 57.2 Å². The first-order chi connectivity index (χ1) is 20.0. The Hall–Kier alpha value is -3.49. The minimum atomic E-state index is -0.933. The molecule has 2 fully saturated rings. The summed E-state index contributed by atoms with van der Waals surface area (Å²) >= 11 is 7.15. The average molecular weight is 616 g/mol. The van der Waals surface area contributed by atoms with Crippen molar-refractivity contribution < 1.29 is 23.8 Å². The number of hydrogen-bond donors (Lipinski definition) is 2. The van der Waals surface area contributed by atoms with Gasteiger partial charge in [0.25, 0.3) is 0 Å². The fraction of sp³-hybridized carbons (Fsp3) is 0.500. The molecule has 14 heteroatoms. The highest BCUT2D eigenvalue weighted by molar-refractivity contribution is 7.80. The molecule has 0 unspecified atom stereocenters. The number of carbonyl (C=O) groups excluding carboxylic acids is 1. The maximum atomic E-state index is 13.9. The molecule has 3 aliphatic heterocycles. The number of aromatic nitrogens is 2. The van der Waals surface area contributed by atoms with Crippen molar-refractivity contribution in [3.8, 4) is 0 Å². The van der Waals surface area contributed by atoms with E-state index >= 15 is 0 Å². The smallest absolute Gasteiger partial charge is 0.338 e. The van der Waals surface area contributed by atoms with Gasteiger partial charge in [-0.05, 0) is 46.0 Å². The minimum absolute atomic E-state index is 0.0810. The molecular weight excluding hydrogens is 581 g/mol. The molecule has 0 saturated carbocycles. The standard InChI is InChI=1S/C28H34FN7O4S2/c1-5-40-25(37)21-19(14-34-9-10-36-17(12-34)13-35(27(36)41)15-28(3,4)26(38)39)32-23(24-30-8-11-42-24)33-22(21)18-6-7-20(29)31-16(18)2/h6-8,11,17,22H,5,9-10,12-15H2,1-4H3,(H,32,33)(H,38,39)/t17-,22+/m0/s1. The number of esters is 1. The van der Waals surface area contributed by atoms with Crippen molar-refractivity contribution in [2.45, 2.75) is 39.8 Å². The van der Waals surface area contributed by atoms with E-state index in [4.69, 9.17) is 21.9 Å². The summed E-state index contributed by atoms with van der Waals surface area (Å²) in [6.45, 7) is 10.4. The molecule has 0 amide bonds. The molecule has 2 aromatic heterocycles. The Morgan fingerprint density at radius 2 is 2.07 bits per heavy atom. The van der Waals surface area contributed by atoms with Crippen LogP contribution in [0.15, 0.2) is 40.0 Å². The third-order valence-electron chi connectivity index (χ3n) is 7.70. The number of aliphatic carboxylic acids is 1. The SMILES string of the molecule is CCOC(=O)C1=C(CN2CCN3C(=S)N(CC(C)(C)C(=O)O)C[C@@H]3C2)NC(c2nccs2)=N[C@@H]1c1ccc(F)nc1C. The van der Waals surface area contributed by atoms with Crippen LogP contribution in [0.5, 0.6) is 0 Å². The molecule has 2 saturated heterocycles. The Morgan fingerprint density at radius 3 is 2.74 bits per heavy atom. The summed E-state index contributed by atoms with van der Waals surface area (Å²) in [5, 5.41) is 16.2. The van der Waals surface area contributed by atoms with Gasteiger partial charge in [-0.15, -0.1) is 11.3 Å². The van der Waals surface area contributed by atoms with Gasteiger partial charge < -0.3 is 25.0 Å². The largest absolute Gasteiger partial charge is 0.481 e. The molecule has 5 rings (SSSR count). The summed E-state index contributed by atoms with van der Waals surface area (Å²) in [7, 11) is 0. The number of nitrogens with zero attached hydrogens (tertiary/aromatic N) is 6. The third kappa shape index (κ3) is 6.01. The van der Waals surface area contributed by atoms with E-state index in [0.29, 0.717) is 77.8 Å². The molecule has 2 aromatic rings. The molecule has 0 aliphatic carbocycles. The van der Waals surface area contributed by atoms with Gasteiger partial charge >= 0.3 is 11.9 Å². The number of carboxylic acid groups (broad SMARTS) is 1. The number of halogens is 1. The maximum absolute atomic E-state index is 13.9. The number of aliphatic imine (C=N–C) groups is 1. The van der Waals surface area contributed by atoms with E-state index in [0.717, 1.165) is 0 Å². The molecular formula is C28H34FN7O4S2. The van der Waals surface area contributed by atoms with Crippen molar-refractivity contribution in [1.29, 1.82) is 0 Å². The lowest BCUT2D eigenvalue weighted by Crippen LogP contribution is -2.53. The molecule has 0 bridgehead atoms. The summed E-state index contributed by atoms with van der Waals surface area (Å²) in [5.41, 5.74) is 1.10. The average Bonchev–Trinajstić information content (AvgIpc) is 3.57. The van der Waals surface area contributed by atoms with Crippen LogP contribution >= 0.6 is 23.6 Å². The molecule has 0 spiro atoms. The summed E-state index contributed by atoms with van der Waals surface area (Å²) in [4.78, 5) is 44.9. The monoisotopic (exact) mass is 615 g/mol. The first-order valence-corrected chi connectivity index (χ1v) is 15.1. The molecule has 5 heterocycles. The predicted octanol–water partition coefficient (Wildman–Crippen LogP) is 2.59. The third-order valence-corrected chi connectivity index (χ3v) is 8.98. The highest BCUT2D eigenvalue weighted by Gasteiger charge is 2.42. The van der Waals surface area contributed by atoms with Gasteiger partial charge in [0, 0.05) is 67.8 Å². The van der Waals surface area contributed by atoms with E-state index in [-0.39, 0.29) is 12.6 Å². The number of carboxylic acids is 1. The van der Waals surface area contributed by atoms with Gasteiger partial charge in [-0.3, -0.25) is 14.7 Å². The summed E-state index contributed by atoms with van der Waals surface area (Å²) in [5.74, 6) is -1.45. The zero-order valence-corrected chi connectivity index (χ0v) is 25.6. The Kier molecular flexibility index (Phi) is 8.58. The molecule has 0 aromatic carbocycles. The topological polar surface area (TPSA) is 123 Å². The lowest BCUT2D eigenvalue weighted by molar-refractivity contribution is -0.147. The number of pyridine rings is 1. The lowest BCUT2D eigenvalue weighted by atomic mass is 9.93. The number of carbonyl (C=O) groups is 2. The summed E-state index contributed by atoms with van der Waals surface area (Å²) in [6, 6.07) is 2.20. The number of ether oxygens (including phenoxy) is 1. The number of rotatable bonds is 9. The Bertz CT molecular complexity index is 1450. The molecule has 3 aliphatic rings. The van der Waals surface area contributed by atoms with Gasteiger partial charge in [0.1, 0.15) is 6.04 Å². The van der Waals surface area contributed by atoms with Gasteiger partial charge in [-0.2, -0.15) is 4.39 Å². The Morgan fingerprint density at radius 1 is 1.29 bits per heavy atom. The number of aryl methyl sites for hydroxylation is 1. The zero-order chi connectivity index (χ0) is 30.2. The lowest BCUT2D eigenvalue weighted by Gasteiger charge is -2.38. The molecule has 0 radical (unpaired) electrons. The van der Waals surface area contributed by atoms with Gasteiger partial charge in [0.05, 0.1) is 23.6 Å². The Balaban J connectivity index is 1.45. The van der Waals surface area contributed by atoms with Crippen LogP contribution in [0.3, 0.4) is 0 Å². The van der Waals surface area contributed by atoms with E-state index in [1.807, 2.05) is 10.3 Å². The van der Waals surface area contributed by atoms with E-state index in [1.165, 1.54) is 17.4 Å². The number of nitrogens with one attached hydrogen (secondary N) is 1. The number of thiazole rings is 1. The zero-order valence-electron chi connectivity index (χ0n) is 24.0. The molecule has 224 valence electrons. The van der Waals surface area contributed by atoms with Crippen LogP contribution in [0, 0.1) is 18.3 Å². The molecule has 42 heavy (non-hydrogen) atoms. The van der Waals surface area contributed by atoms with Crippen LogP contribution < -0.4 is 5.32 Å². The number of fused-ring (bicyclic) bond motifs is 1. The highest BCUT2D eigenvalue weighted by Crippen LogP contribution is 2.35. The number of thiocarbonyl (C=S) groups is 1. The van der Waals surface area contributed by atoms with Crippen LogP contribution in [0.1, 0.15) is 43.1 Å². The van der Waals surface area contributed by atoms with Crippen molar-refractivity contribution in [2.24, 2.45) is 10.4 Å². The van der Waals surface area contributed by atoms with Gasteiger partial charge in [0.15, 0.2) is 16.0 Å². The van der Waals surface area contributed by atoms with Gasteiger partial charge in [-0.25, -0.2) is 14.8 Å². The predicted molar refractivity (Wildman–Crippen MR) is 160 cm³/mol. The van der Waals surface area contributed by atoms with Crippen LogP contribution in [-0.4, -0.2) is 105 Å². The van der Waals surface area contributed by atoms with E-state index in [1.54, 1.807) is 40.0 Å². The van der Waals surface area contributed by atoms with E-state index in [2.05, 4.69) is 25.1 Å².